The van der Waals surface area contributed by atoms with Crippen molar-refractivity contribution in [2.45, 2.75) is 18.9 Å². The second kappa shape index (κ2) is 14.9. The molecule has 4 aromatic rings. The largest absolute Gasteiger partial charge is 0.481 e. The Morgan fingerprint density at radius 3 is 2.37 bits per heavy atom. The van der Waals surface area contributed by atoms with Crippen molar-refractivity contribution in [1.82, 2.24) is 25.5 Å². The van der Waals surface area contributed by atoms with Crippen molar-refractivity contribution in [2.75, 3.05) is 17.2 Å². The lowest BCUT2D eigenvalue weighted by atomic mass is 10.0. The van der Waals surface area contributed by atoms with Gasteiger partial charge in [0.2, 0.25) is 11.8 Å². The van der Waals surface area contributed by atoms with Crippen LogP contribution in [0.4, 0.5) is 16.2 Å². The molecule has 43 heavy (non-hydrogen) atoms. The van der Waals surface area contributed by atoms with Crippen molar-refractivity contribution in [3.63, 3.8) is 0 Å². The standard InChI is InChI=1S/C29H26ClN7O6/c30-21-7-12-25(37-18-31-35-36-37)20(17-21)6-13-26(38)34-24(16-19-4-2-1-3-5-19)28(41)32-22-8-10-23(11-9-22)33-29(42)43-15-14-27(39)40/h1-13,17-18,24H,14-16H2,(H,32,41)(H,33,42)(H,34,38)(H,39,40)/t24-/m0/s1. The molecule has 0 fully saturated rings. The summed E-state index contributed by atoms with van der Waals surface area (Å²) >= 11 is 6.16. The quantitative estimate of drug-likeness (QED) is 0.176. The first-order valence-electron chi connectivity index (χ1n) is 12.9. The number of hydrogen-bond acceptors (Lipinski definition) is 8. The number of nitrogens with zero attached hydrogens (tertiary/aromatic N) is 4. The molecule has 0 unspecified atom stereocenters. The molecular formula is C29H26ClN7O6. The number of benzene rings is 3. The average molecular weight is 604 g/mol. The monoisotopic (exact) mass is 603 g/mol. The molecule has 14 heteroatoms. The van der Waals surface area contributed by atoms with Gasteiger partial charge in [-0.2, -0.15) is 4.68 Å². The smallest absolute Gasteiger partial charge is 0.411 e. The number of carboxylic acids is 1. The Bertz CT molecular complexity index is 1600. The van der Waals surface area contributed by atoms with E-state index in [9.17, 15) is 19.2 Å². The number of anilines is 2. The summed E-state index contributed by atoms with van der Waals surface area (Å²) < 4.78 is 6.23. The molecular weight excluding hydrogens is 578 g/mol. The topological polar surface area (TPSA) is 177 Å². The number of halogens is 1. The maximum atomic E-state index is 13.3. The van der Waals surface area contributed by atoms with Gasteiger partial charge in [0.25, 0.3) is 0 Å². The Morgan fingerprint density at radius 1 is 0.977 bits per heavy atom. The molecule has 4 N–H and O–H groups in total. The fourth-order valence-electron chi connectivity index (χ4n) is 3.83. The van der Waals surface area contributed by atoms with E-state index in [0.29, 0.717) is 27.6 Å². The maximum absolute atomic E-state index is 13.3. The van der Waals surface area contributed by atoms with Crippen molar-refractivity contribution < 1.29 is 29.0 Å². The fraction of sp³-hybridized carbons (Fsp3) is 0.138. The lowest BCUT2D eigenvalue weighted by molar-refractivity contribution is -0.137. The molecule has 1 atom stereocenters. The zero-order valence-corrected chi connectivity index (χ0v) is 23.3. The predicted octanol–water partition coefficient (Wildman–Crippen LogP) is 3.72. The second-order valence-corrected chi connectivity index (χ2v) is 9.45. The highest BCUT2D eigenvalue weighted by molar-refractivity contribution is 6.30. The fourth-order valence-corrected chi connectivity index (χ4v) is 4.02. The third-order valence-corrected chi connectivity index (χ3v) is 6.10. The minimum absolute atomic E-state index is 0.223. The number of carbonyl (C=O) groups is 4. The average Bonchev–Trinajstić information content (AvgIpc) is 3.52. The lowest BCUT2D eigenvalue weighted by Gasteiger charge is -2.18. The van der Waals surface area contributed by atoms with Crippen molar-refractivity contribution in [3.05, 3.63) is 101 Å². The number of carboxylic acid groups (broad SMARTS) is 1. The summed E-state index contributed by atoms with van der Waals surface area (Å²) in [6.45, 7) is -0.265. The Balaban J connectivity index is 1.43. The molecule has 13 nitrogen and oxygen atoms in total. The van der Waals surface area contributed by atoms with Crippen molar-refractivity contribution in [1.29, 1.82) is 0 Å². The number of hydrogen-bond donors (Lipinski definition) is 4. The van der Waals surface area contributed by atoms with Crippen molar-refractivity contribution >= 4 is 52.9 Å². The maximum Gasteiger partial charge on any atom is 0.411 e. The van der Waals surface area contributed by atoms with Gasteiger partial charge in [-0.25, -0.2) is 4.79 Å². The van der Waals surface area contributed by atoms with Gasteiger partial charge in [0.15, 0.2) is 0 Å². The summed E-state index contributed by atoms with van der Waals surface area (Å²) in [7, 11) is 0. The van der Waals surface area contributed by atoms with Gasteiger partial charge in [-0.15, -0.1) is 5.10 Å². The highest BCUT2D eigenvalue weighted by Crippen LogP contribution is 2.20. The predicted molar refractivity (Wildman–Crippen MR) is 158 cm³/mol. The van der Waals surface area contributed by atoms with E-state index in [4.69, 9.17) is 21.4 Å². The van der Waals surface area contributed by atoms with E-state index in [1.165, 1.54) is 29.2 Å². The molecule has 3 amide bonds. The number of ether oxygens (including phenoxy) is 1. The van der Waals surface area contributed by atoms with E-state index in [1.54, 1.807) is 36.4 Å². The molecule has 3 aromatic carbocycles. The summed E-state index contributed by atoms with van der Waals surface area (Å²) in [5.41, 5.74) is 2.81. The molecule has 220 valence electrons. The Hall–Kier alpha value is -5.56. The summed E-state index contributed by atoms with van der Waals surface area (Å²) in [5.74, 6) is -2.06. The molecule has 1 aromatic heterocycles. The van der Waals surface area contributed by atoms with Crippen LogP contribution in [0.1, 0.15) is 17.5 Å². The molecule has 0 aliphatic heterocycles. The minimum atomic E-state index is -1.08. The molecule has 0 bridgehead atoms. The van der Waals surface area contributed by atoms with Crippen LogP contribution in [0.15, 0.2) is 85.2 Å². The van der Waals surface area contributed by atoms with E-state index < -0.39 is 29.9 Å². The molecule has 0 saturated carbocycles. The van der Waals surface area contributed by atoms with E-state index in [2.05, 4.69) is 31.5 Å². The van der Waals surface area contributed by atoms with Gasteiger partial charge in [-0.1, -0.05) is 41.9 Å². The Kier molecular flexibility index (Phi) is 10.5. The van der Waals surface area contributed by atoms with E-state index in [-0.39, 0.29) is 19.4 Å². The second-order valence-electron chi connectivity index (χ2n) is 9.01. The first-order valence-corrected chi connectivity index (χ1v) is 13.3. The number of rotatable bonds is 12. The van der Waals surface area contributed by atoms with Gasteiger partial charge in [0.1, 0.15) is 19.0 Å². The van der Waals surface area contributed by atoms with E-state index >= 15 is 0 Å². The number of nitrogens with one attached hydrogen (secondary N) is 3. The molecule has 1 heterocycles. The summed E-state index contributed by atoms with van der Waals surface area (Å²) in [5, 5.41) is 28.2. The van der Waals surface area contributed by atoms with Crippen LogP contribution in [0.5, 0.6) is 0 Å². The van der Waals surface area contributed by atoms with E-state index in [1.807, 2.05) is 30.3 Å². The van der Waals surface area contributed by atoms with Crippen LogP contribution in [0, 0.1) is 0 Å². The minimum Gasteiger partial charge on any atom is -0.481 e. The van der Waals surface area contributed by atoms with Crippen LogP contribution in [0.3, 0.4) is 0 Å². The van der Waals surface area contributed by atoms with Crippen LogP contribution >= 0.6 is 11.6 Å². The van der Waals surface area contributed by atoms with Crippen LogP contribution in [-0.2, 0) is 25.5 Å². The van der Waals surface area contributed by atoms with Gasteiger partial charge in [-0.3, -0.25) is 19.7 Å². The van der Waals surface area contributed by atoms with Crippen LogP contribution in [0.2, 0.25) is 5.02 Å². The number of carbonyl (C=O) groups excluding carboxylic acids is 3. The SMILES string of the molecule is O=C(O)CCOC(=O)Nc1ccc(NC(=O)[C@H](Cc2ccccc2)NC(=O)C=Cc2cc(Cl)ccc2-n2cnnn2)cc1. The number of tetrazole rings is 1. The van der Waals surface area contributed by atoms with Crippen LogP contribution < -0.4 is 16.0 Å². The summed E-state index contributed by atoms with van der Waals surface area (Å²) in [4.78, 5) is 48.6. The lowest BCUT2D eigenvalue weighted by Crippen LogP contribution is -2.44. The number of aromatic nitrogens is 4. The molecule has 0 saturated heterocycles. The molecule has 0 aliphatic carbocycles. The zero-order chi connectivity index (χ0) is 30.6. The van der Waals surface area contributed by atoms with Gasteiger partial charge >= 0.3 is 12.1 Å². The third kappa shape index (κ3) is 9.50. The summed E-state index contributed by atoms with van der Waals surface area (Å²) in [6, 6.07) is 19.5. The zero-order valence-electron chi connectivity index (χ0n) is 22.5. The van der Waals surface area contributed by atoms with Gasteiger partial charge in [0, 0.05) is 34.5 Å². The van der Waals surface area contributed by atoms with Gasteiger partial charge < -0.3 is 20.5 Å². The molecule has 0 spiro atoms. The van der Waals surface area contributed by atoms with Crippen LogP contribution in [0.25, 0.3) is 11.8 Å². The first-order chi connectivity index (χ1) is 20.8. The number of amides is 3. The van der Waals surface area contributed by atoms with Crippen LogP contribution in [-0.4, -0.2) is 61.8 Å². The summed E-state index contributed by atoms with van der Waals surface area (Å²) in [6.07, 6.45) is 3.37. The molecule has 0 radical (unpaired) electrons. The van der Waals surface area contributed by atoms with Crippen molar-refractivity contribution in [2.24, 2.45) is 0 Å². The first kappa shape index (κ1) is 30.4. The van der Waals surface area contributed by atoms with E-state index in [0.717, 1.165) is 5.56 Å². The van der Waals surface area contributed by atoms with Gasteiger partial charge in [0.05, 0.1) is 12.1 Å². The highest BCUT2D eigenvalue weighted by atomic mass is 35.5. The third-order valence-electron chi connectivity index (χ3n) is 5.86. The number of aliphatic carboxylic acids is 1. The van der Waals surface area contributed by atoms with Gasteiger partial charge in [-0.05, 0) is 64.5 Å². The Labute approximate surface area is 250 Å². The normalized spacial score (nSPS) is 11.5. The van der Waals surface area contributed by atoms with Crippen molar-refractivity contribution in [3.8, 4) is 5.69 Å². The molecule has 4 rings (SSSR count). The Morgan fingerprint density at radius 2 is 1.70 bits per heavy atom. The molecule has 0 aliphatic rings. The highest BCUT2D eigenvalue weighted by Gasteiger charge is 2.21.